The smallest absolute Gasteiger partial charge is 0.405 e. The Bertz CT molecular complexity index is 507. The molecule has 0 heterocycles. The van der Waals surface area contributed by atoms with E-state index in [2.05, 4.69) is 26.0 Å². The minimum atomic E-state index is -4.77. The molecule has 4 nitrogen and oxygen atoms in total. The average Bonchev–Trinajstić information content (AvgIpc) is 2.31. The number of benzene rings is 1. The van der Waals surface area contributed by atoms with Gasteiger partial charge in [0.05, 0.1) is 10.4 Å². The topological polar surface area (TPSA) is 64.4 Å². The largest absolute Gasteiger partial charge is 0.573 e. The maximum absolute atomic E-state index is 12.1. The van der Waals surface area contributed by atoms with E-state index in [4.69, 9.17) is 5.73 Å². The summed E-state index contributed by atoms with van der Waals surface area (Å²) in [6.07, 6.45) is -4.77. The average molecular weight is 369 g/mol. The summed E-state index contributed by atoms with van der Waals surface area (Å²) < 4.78 is 40.3. The zero-order valence-corrected chi connectivity index (χ0v) is 13.1. The van der Waals surface area contributed by atoms with Gasteiger partial charge >= 0.3 is 6.36 Å². The minimum Gasteiger partial charge on any atom is -0.405 e. The van der Waals surface area contributed by atoms with Crippen LogP contribution in [0.25, 0.3) is 0 Å². The number of alkyl halides is 3. The molecule has 0 bridgehead atoms. The van der Waals surface area contributed by atoms with E-state index in [1.165, 1.54) is 12.1 Å². The fraction of sp³-hybridized carbons (Fsp3) is 0.462. The number of anilines is 1. The number of carbonyl (C=O) groups is 1. The highest BCUT2D eigenvalue weighted by Gasteiger charge is 2.32. The molecule has 0 spiro atoms. The molecule has 1 rings (SSSR count). The standard InChI is InChI=1S/C13H16BrF3N2O2/c1-7(2)9(6-18)12(20)19-8-3-4-11(10(14)5-8)21-13(15,16)17/h3-5,7,9H,6,18H2,1-2H3,(H,19,20). The Kier molecular flexibility index (Phi) is 6.03. The fourth-order valence-corrected chi connectivity index (χ4v) is 2.16. The first-order chi connectivity index (χ1) is 9.64. The van der Waals surface area contributed by atoms with Gasteiger partial charge in [-0.15, -0.1) is 13.2 Å². The van der Waals surface area contributed by atoms with Gasteiger partial charge in [-0.25, -0.2) is 0 Å². The molecule has 0 radical (unpaired) electrons. The maximum Gasteiger partial charge on any atom is 0.573 e. The highest BCUT2D eigenvalue weighted by atomic mass is 79.9. The van der Waals surface area contributed by atoms with Crippen molar-refractivity contribution in [3.05, 3.63) is 22.7 Å². The van der Waals surface area contributed by atoms with E-state index in [1.54, 1.807) is 0 Å². The van der Waals surface area contributed by atoms with Crippen molar-refractivity contribution in [1.82, 2.24) is 0 Å². The van der Waals surface area contributed by atoms with Crippen LogP contribution in [0.2, 0.25) is 0 Å². The lowest BCUT2D eigenvalue weighted by Gasteiger charge is -2.18. The van der Waals surface area contributed by atoms with Crippen molar-refractivity contribution in [2.24, 2.45) is 17.6 Å². The number of hydrogen-bond acceptors (Lipinski definition) is 3. The summed E-state index contributed by atoms with van der Waals surface area (Å²) >= 11 is 2.97. The molecule has 0 aliphatic heterocycles. The highest BCUT2D eigenvalue weighted by Crippen LogP contribution is 2.32. The minimum absolute atomic E-state index is 0.0614. The lowest BCUT2D eigenvalue weighted by Crippen LogP contribution is -2.33. The third-order valence-corrected chi connectivity index (χ3v) is 3.44. The molecular formula is C13H16BrF3N2O2. The van der Waals surface area contributed by atoms with Crippen molar-refractivity contribution in [2.75, 3.05) is 11.9 Å². The molecule has 0 fully saturated rings. The summed E-state index contributed by atoms with van der Waals surface area (Å²) in [5, 5.41) is 2.62. The van der Waals surface area contributed by atoms with Crippen LogP contribution in [0.3, 0.4) is 0 Å². The van der Waals surface area contributed by atoms with Gasteiger partial charge in [-0.05, 0) is 40.0 Å². The van der Waals surface area contributed by atoms with E-state index in [-0.39, 0.29) is 34.5 Å². The number of nitrogens with one attached hydrogen (secondary N) is 1. The first-order valence-corrected chi connectivity index (χ1v) is 6.99. The summed E-state index contributed by atoms with van der Waals surface area (Å²) in [6.45, 7) is 3.93. The molecule has 0 aliphatic rings. The second-order valence-electron chi connectivity index (χ2n) is 4.77. The van der Waals surface area contributed by atoms with E-state index < -0.39 is 6.36 Å². The summed E-state index contributed by atoms with van der Waals surface area (Å²) in [5.74, 6) is -0.954. The predicted molar refractivity (Wildman–Crippen MR) is 76.8 cm³/mol. The van der Waals surface area contributed by atoms with Crippen LogP contribution in [0.4, 0.5) is 18.9 Å². The summed E-state index contributed by atoms with van der Waals surface area (Å²) in [5.41, 5.74) is 5.90. The number of hydrogen-bond donors (Lipinski definition) is 2. The highest BCUT2D eigenvalue weighted by molar-refractivity contribution is 9.10. The van der Waals surface area contributed by atoms with Gasteiger partial charge in [-0.1, -0.05) is 13.8 Å². The monoisotopic (exact) mass is 368 g/mol. The van der Waals surface area contributed by atoms with Gasteiger partial charge in [0.1, 0.15) is 5.75 Å². The van der Waals surface area contributed by atoms with Crippen LogP contribution in [0.5, 0.6) is 5.75 Å². The molecule has 0 saturated heterocycles. The van der Waals surface area contributed by atoms with E-state index in [1.807, 2.05) is 13.8 Å². The van der Waals surface area contributed by atoms with Gasteiger partial charge in [0, 0.05) is 12.2 Å². The molecule has 118 valence electrons. The third kappa shape index (κ3) is 5.55. The van der Waals surface area contributed by atoms with Crippen molar-refractivity contribution >= 4 is 27.5 Å². The second kappa shape index (κ2) is 7.13. The zero-order valence-electron chi connectivity index (χ0n) is 11.5. The predicted octanol–water partition coefficient (Wildman–Crippen LogP) is 3.52. The number of nitrogens with two attached hydrogens (primary N) is 1. The molecule has 8 heteroatoms. The van der Waals surface area contributed by atoms with Crippen LogP contribution in [0, 0.1) is 11.8 Å². The molecule has 0 aliphatic carbocycles. The van der Waals surface area contributed by atoms with E-state index in [0.29, 0.717) is 5.69 Å². The molecule has 1 aromatic carbocycles. The summed E-state index contributed by atoms with van der Waals surface area (Å²) in [4.78, 5) is 12.0. The normalized spacial score (nSPS) is 13.1. The van der Waals surface area contributed by atoms with Gasteiger partial charge < -0.3 is 15.8 Å². The second-order valence-corrected chi connectivity index (χ2v) is 5.62. The van der Waals surface area contributed by atoms with Crippen molar-refractivity contribution in [2.45, 2.75) is 20.2 Å². The lowest BCUT2D eigenvalue weighted by molar-refractivity contribution is -0.274. The molecule has 21 heavy (non-hydrogen) atoms. The number of carbonyl (C=O) groups excluding carboxylic acids is 1. The Morgan fingerprint density at radius 1 is 1.43 bits per heavy atom. The van der Waals surface area contributed by atoms with E-state index in [9.17, 15) is 18.0 Å². The SMILES string of the molecule is CC(C)C(CN)C(=O)Nc1ccc(OC(F)(F)F)c(Br)c1. The molecular weight excluding hydrogens is 353 g/mol. The zero-order chi connectivity index (χ0) is 16.2. The molecule has 3 N–H and O–H groups in total. The third-order valence-electron chi connectivity index (χ3n) is 2.82. The molecule has 1 aromatic rings. The molecule has 1 unspecified atom stereocenters. The fourth-order valence-electron chi connectivity index (χ4n) is 1.70. The summed E-state index contributed by atoms with van der Waals surface area (Å²) in [7, 11) is 0. The van der Waals surface area contributed by atoms with E-state index in [0.717, 1.165) is 6.07 Å². The molecule has 0 aromatic heterocycles. The Morgan fingerprint density at radius 2 is 2.05 bits per heavy atom. The van der Waals surface area contributed by atoms with Crippen LogP contribution in [0.15, 0.2) is 22.7 Å². The first-order valence-electron chi connectivity index (χ1n) is 6.20. The van der Waals surface area contributed by atoms with Crippen molar-refractivity contribution in [3.8, 4) is 5.75 Å². The van der Waals surface area contributed by atoms with Crippen LogP contribution in [-0.4, -0.2) is 18.8 Å². The number of amides is 1. The quantitative estimate of drug-likeness (QED) is 0.835. The van der Waals surface area contributed by atoms with Crippen LogP contribution >= 0.6 is 15.9 Å². The maximum atomic E-state index is 12.1. The van der Waals surface area contributed by atoms with Gasteiger partial charge in [0.2, 0.25) is 5.91 Å². The number of rotatable bonds is 5. The number of ether oxygens (including phenoxy) is 1. The van der Waals surface area contributed by atoms with Crippen LogP contribution in [-0.2, 0) is 4.79 Å². The first kappa shape index (κ1) is 17.8. The number of halogens is 4. The van der Waals surface area contributed by atoms with Gasteiger partial charge in [-0.3, -0.25) is 4.79 Å². The molecule has 0 saturated carbocycles. The van der Waals surface area contributed by atoms with Crippen LogP contribution < -0.4 is 15.8 Å². The van der Waals surface area contributed by atoms with Gasteiger partial charge in [0.25, 0.3) is 0 Å². The lowest BCUT2D eigenvalue weighted by atomic mass is 9.95. The Morgan fingerprint density at radius 3 is 2.48 bits per heavy atom. The van der Waals surface area contributed by atoms with Crippen LogP contribution in [0.1, 0.15) is 13.8 Å². The van der Waals surface area contributed by atoms with Gasteiger partial charge in [0.15, 0.2) is 0 Å². The Hall–Kier alpha value is -1.28. The van der Waals surface area contributed by atoms with Crippen molar-refractivity contribution in [1.29, 1.82) is 0 Å². The van der Waals surface area contributed by atoms with Gasteiger partial charge in [-0.2, -0.15) is 0 Å². The summed E-state index contributed by atoms with van der Waals surface area (Å²) in [6, 6.07) is 3.80. The Balaban J connectivity index is 2.83. The van der Waals surface area contributed by atoms with E-state index >= 15 is 0 Å². The Labute approximate surface area is 129 Å². The van der Waals surface area contributed by atoms with Crippen molar-refractivity contribution in [3.63, 3.8) is 0 Å². The molecule has 1 atom stereocenters. The molecule has 1 amide bonds. The van der Waals surface area contributed by atoms with Crippen molar-refractivity contribution < 1.29 is 22.7 Å².